The van der Waals surface area contributed by atoms with E-state index in [2.05, 4.69) is 10.6 Å². The normalized spacial score (nSPS) is 17.2. The predicted molar refractivity (Wildman–Crippen MR) is 156 cm³/mol. The van der Waals surface area contributed by atoms with Crippen molar-refractivity contribution >= 4 is 23.8 Å². The molecule has 0 aliphatic heterocycles. The average molecular weight is 583 g/mol. The molecule has 2 aromatic rings. The van der Waals surface area contributed by atoms with Gasteiger partial charge in [-0.1, -0.05) is 55.0 Å². The van der Waals surface area contributed by atoms with Crippen molar-refractivity contribution in [1.29, 1.82) is 0 Å². The molecule has 0 spiro atoms. The van der Waals surface area contributed by atoms with Crippen LogP contribution in [0.4, 0.5) is 9.59 Å². The molecule has 2 unspecified atom stereocenters. The van der Waals surface area contributed by atoms with E-state index >= 15 is 0 Å². The summed E-state index contributed by atoms with van der Waals surface area (Å²) in [5.74, 6) is -0.218. The number of Topliss-reactive ketones (excluding diaryl/α,β-unsaturated/α-hetero) is 2. The highest BCUT2D eigenvalue weighted by molar-refractivity contribution is 6.02. The van der Waals surface area contributed by atoms with Gasteiger partial charge in [0, 0.05) is 24.2 Å². The second-order valence-corrected chi connectivity index (χ2v) is 12.0. The van der Waals surface area contributed by atoms with Gasteiger partial charge in [-0.15, -0.1) is 0 Å². The first-order valence-electron chi connectivity index (χ1n) is 14.3. The summed E-state index contributed by atoms with van der Waals surface area (Å²) < 4.78 is 10.6. The second kappa shape index (κ2) is 14.4. The van der Waals surface area contributed by atoms with Gasteiger partial charge < -0.3 is 30.3 Å². The maximum Gasteiger partial charge on any atom is 0.407 e. The number of nitrogens with one attached hydrogen (secondary N) is 2. The molecule has 228 valence electrons. The number of rotatable bonds is 12. The smallest absolute Gasteiger partial charge is 0.407 e. The fourth-order valence-electron chi connectivity index (χ4n) is 4.84. The van der Waals surface area contributed by atoms with Gasteiger partial charge in [0.1, 0.15) is 24.4 Å². The average Bonchev–Trinajstić information content (AvgIpc) is 2.96. The summed E-state index contributed by atoms with van der Waals surface area (Å²) in [4.78, 5) is 48.7. The number of aliphatic hydroxyl groups is 2. The number of hydrogen-bond donors (Lipinski definition) is 4. The first-order chi connectivity index (χ1) is 19.7. The molecule has 10 heteroatoms. The van der Waals surface area contributed by atoms with Crippen molar-refractivity contribution in [1.82, 2.24) is 10.6 Å². The minimum Gasteiger partial charge on any atom is -0.445 e. The molecular formula is C32H42N2O8. The van der Waals surface area contributed by atoms with Crippen LogP contribution in [-0.2, 0) is 22.7 Å². The summed E-state index contributed by atoms with van der Waals surface area (Å²) in [6.07, 6.45) is 2.76. The molecule has 2 amide bonds. The molecule has 3 rings (SSSR count). The number of benzene rings is 2. The Morgan fingerprint density at radius 1 is 0.690 bits per heavy atom. The molecule has 10 nitrogen and oxygen atoms in total. The maximum atomic E-state index is 12.2. The van der Waals surface area contributed by atoms with Gasteiger partial charge in [0.05, 0.1) is 0 Å². The molecule has 0 bridgehead atoms. The zero-order valence-corrected chi connectivity index (χ0v) is 24.8. The molecule has 2 aromatic carbocycles. The third-order valence-electron chi connectivity index (χ3n) is 7.25. The third kappa shape index (κ3) is 10.3. The molecule has 1 fully saturated rings. The van der Waals surface area contributed by atoms with Crippen molar-refractivity contribution in [2.75, 3.05) is 13.1 Å². The fraction of sp³-hybridized carbons (Fsp3) is 0.500. The van der Waals surface area contributed by atoms with Gasteiger partial charge in [-0.2, -0.15) is 0 Å². The Morgan fingerprint density at radius 3 is 1.38 bits per heavy atom. The molecular weight excluding hydrogens is 540 g/mol. The monoisotopic (exact) mass is 582 g/mol. The van der Waals surface area contributed by atoms with E-state index in [1.54, 1.807) is 48.5 Å². The maximum absolute atomic E-state index is 12.2. The van der Waals surface area contributed by atoms with Gasteiger partial charge >= 0.3 is 12.2 Å². The first-order valence-corrected chi connectivity index (χ1v) is 14.3. The summed E-state index contributed by atoms with van der Waals surface area (Å²) in [5.41, 5.74) is -0.673. The number of ether oxygens (including phenoxy) is 2. The lowest BCUT2D eigenvalue weighted by molar-refractivity contribution is 0.0487. The van der Waals surface area contributed by atoms with Crippen LogP contribution in [-0.4, -0.2) is 58.3 Å². The van der Waals surface area contributed by atoms with Crippen molar-refractivity contribution < 1.29 is 38.9 Å². The van der Waals surface area contributed by atoms with Crippen molar-refractivity contribution in [2.24, 2.45) is 11.8 Å². The van der Waals surface area contributed by atoms with Crippen LogP contribution in [0.2, 0.25) is 0 Å². The van der Waals surface area contributed by atoms with E-state index in [4.69, 9.17) is 9.47 Å². The van der Waals surface area contributed by atoms with E-state index in [0.29, 0.717) is 24.2 Å². The van der Waals surface area contributed by atoms with Crippen molar-refractivity contribution in [3.63, 3.8) is 0 Å². The van der Waals surface area contributed by atoms with Crippen molar-refractivity contribution in [3.8, 4) is 0 Å². The molecule has 4 N–H and O–H groups in total. The van der Waals surface area contributed by atoms with Gasteiger partial charge in [-0.05, 0) is 69.9 Å². The zero-order valence-electron chi connectivity index (χ0n) is 24.8. The lowest BCUT2D eigenvalue weighted by atomic mass is 9.81. The van der Waals surface area contributed by atoms with Crippen molar-refractivity contribution in [3.05, 3.63) is 70.8 Å². The number of hydrogen-bond acceptors (Lipinski definition) is 8. The molecule has 0 aromatic heterocycles. The summed E-state index contributed by atoms with van der Waals surface area (Å²) in [5, 5.41) is 25.4. The standard InChI is InChI=1S/C32H42N2O8/c1-31(2,39)27(35)25-12-8-21(9-13-25)19-41-29(37)33-17-23-6-5-7-24(16-23)18-34-30(38)42-20-22-10-14-26(15-11-22)28(36)32(3,4)40/h8-15,23-24,39-40H,5-7,16-20H2,1-4H3,(H,33,37)(H,34,38). The summed E-state index contributed by atoms with van der Waals surface area (Å²) in [7, 11) is 0. The molecule has 0 radical (unpaired) electrons. The molecule has 1 aliphatic rings. The third-order valence-corrected chi connectivity index (χ3v) is 7.25. The Labute approximate surface area is 246 Å². The number of amides is 2. The van der Waals surface area contributed by atoms with E-state index in [1.807, 2.05) is 0 Å². The number of carbonyl (C=O) groups is 4. The topological polar surface area (TPSA) is 151 Å². The van der Waals surface area contributed by atoms with Gasteiger partial charge in [0.15, 0.2) is 11.6 Å². The van der Waals surface area contributed by atoms with Gasteiger partial charge in [-0.3, -0.25) is 9.59 Å². The van der Waals surface area contributed by atoms with E-state index in [9.17, 15) is 29.4 Å². The van der Waals surface area contributed by atoms with E-state index in [0.717, 1.165) is 36.8 Å². The summed E-state index contributed by atoms with van der Waals surface area (Å²) in [6, 6.07) is 13.2. The quantitative estimate of drug-likeness (QED) is 0.266. The van der Waals surface area contributed by atoms with Gasteiger partial charge in [-0.25, -0.2) is 9.59 Å². The number of ketones is 2. The molecule has 1 aliphatic carbocycles. The Hall–Kier alpha value is -3.76. The number of carbonyl (C=O) groups excluding carboxylic acids is 4. The summed E-state index contributed by atoms with van der Waals surface area (Å²) >= 11 is 0. The van der Waals surface area contributed by atoms with Gasteiger partial charge in [0.2, 0.25) is 0 Å². The molecule has 42 heavy (non-hydrogen) atoms. The summed E-state index contributed by atoms with van der Waals surface area (Å²) in [6.45, 7) is 6.82. The van der Waals surface area contributed by atoms with Crippen LogP contribution in [0.25, 0.3) is 0 Å². The first kappa shape index (κ1) is 32.8. The van der Waals surface area contributed by atoms with Gasteiger partial charge in [0.25, 0.3) is 0 Å². The SMILES string of the molecule is CC(C)(O)C(=O)c1ccc(COC(=O)NCC2CCCC(CNC(=O)OCc3ccc(C(=O)C(C)(C)O)cc3)C2)cc1. The Morgan fingerprint density at radius 2 is 1.05 bits per heavy atom. The van der Waals surface area contributed by atoms with Crippen LogP contribution in [0, 0.1) is 11.8 Å². The predicted octanol–water partition coefficient (Wildman–Crippen LogP) is 4.55. The highest BCUT2D eigenvalue weighted by Crippen LogP contribution is 2.28. The van der Waals surface area contributed by atoms with E-state index < -0.39 is 23.4 Å². The highest BCUT2D eigenvalue weighted by Gasteiger charge is 2.26. The Balaban J connectivity index is 1.33. The van der Waals surface area contributed by atoms with Crippen LogP contribution in [0.1, 0.15) is 85.2 Å². The molecule has 0 saturated heterocycles. The minimum atomic E-state index is -1.45. The fourth-order valence-corrected chi connectivity index (χ4v) is 4.84. The van der Waals surface area contributed by atoms with Crippen molar-refractivity contribution in [2.45, 2.75) is 77.8 Å². The van der Waals surface area contributed by atoms with Crippen LogP contribution < -0.4 is 10.6 Å². The van der Waals surface area contributed by atoms with Crippen LogP contribution in [0.5, 0.6) is 0 Å². The van der Waals surface area contributed by atoms with Crippen LogP contribution in [0.3, 0.4) is 0 Å². The highest BCUT2D eigenvalue weighted by atomic mass is 16.6. The Kier molecular flexibility index (Phi) is 11.2. The van der Waals surface area contributed by atoms with E-state index in [-0.39, 0.29) is 36.6 Å². The molecule has 0 heterocycles. The zero-order chi connectivity index (χ0) is 30.9. The minimum absolute atomic E-state index is 0.0608. The van der Waals surface area contributed by atoms with E-state index in [1.165, 1.54) is 27.7 Å². The Bertz CT molecular complexity index is 1130. The number of alkyl carbamates (subject to hydrolysis) is 2. The lowest BCUT2D eigenvalue weighted by Gasteiger charge is -2.29. The van der Waals surface area contributed by atoms with Crippen LogP contribution >= 0.6 is 0 Å². The lowest BCUT2D eigenvalue weighted by Crippen LogP contribution is -2.36. The second-order valence-electron chi connectivity index (χ2n) is 12.0. The molecule has 1 saturated carbocycles. The largest absolute Gasteiger partial charge is 0.445 e. The van der Waals surface area contributed by atoms with Crippen LogP contribution in [0.15, 0.2) is 48.5 Å². The molecule has 2 atom stereocenters.